The first-order chi connectivity index (χ1) is 15.0. The number of guanidine groups is 1. The van der Waals surface area contributed by atoms with E-state index in [9.17, 15) is 4.79 Å². The summed E-state index contributed by atoms with van der Waals surface area (Å²) < 4.78 is 0. The number of piperazine rings is 1. The van der Waals surface area contributed by atoms with Gasteiger partial charge in [0.1, 0.15) is 0 Å². The van der Waals surface area contributed by atoms with E-state index in [0.717, 1.165) is 49.9 Å². The number of nitrogens with zero attached hydrogens (tertiary/aromatic N) is 3. The normalized spacial score (nSPS) is 15.1. The molecule has 1 heterocycles. The van der Waals surface area contributed by atoms with E-state index in [2.05, 4.69) is 61.1 Å². The molecule has 3 rings (SSSR count). The average Bonchev–Trinajstić information content (AvgIpc) is 2.76. The number of carbonyl (C=O) groups is 1. The number of amides is 2. The van der Waals surface area contributed by atoms with Crippen molar-refractivity contribution in [2.24, 2.45) is 4.99 Å². The Kier molecular flexibility index (Phi) is 8.29. The molecule has 1 saturated heterocycles. The van der Waals surface area contributed by atoms with Crippen molar-refractivity contribution >= 4 is 17.7 Å². The van der Waals surface area contributed by atoms with Crippen LogP contribution in [0.15, 0.2) is 59.6 Å². The third-order valence-electron chi connectivity index (χ3n) is 5.21. The standard InChI is InChI=1S/C24H34N6O/c1-19(2)27-24(31)28-22-11-9-20(10-12-22)17-26-23(25-3)30-15-13-29(14-16-30)18-21-7-5-4-6-8-21/h4-12,19H,13-18H2,1-3H3,(H,25,26)(H2,27,28,31). The van der Waals surface area contributed by atoms with Gasteiger partial charge in [0.05, 0.1) is 0 Å². The van der Waals surface area contributed by atoms with Gasteiger partial charge in [-0.1, -0.05) is 42.5 Å². The van der Waals surface area contributed by atoms with Gasteiger partial charge in [0.25, 0.3) is 0 Å². The summed E-state index contributed by atoms with van der Waals surface area (Å²) in [5.41, 5.74) is 3.28. The molecular weight excluding hydrogens is 388 g/mol. The molecule has 0 spiro atoms. The van der Waals surface area contributed by atoms with Gasteiger partial charge >= 0.3 is 6.03 Å². The molecule has 1 fully saturated rings. The fourth-order valence-corrected chi connectivity index (χ4v) is 3.61. The fourth-order valence-electron chi connectivity index (χ4n) is 3.61. The minimum Gasteiger partial charge on any atom is -0.352 e. The third-order valence-corrected chi connectivity index (χ3v) is 5.21. The van der Waals surface area contributed by atoms with Crippen LogP contribution >= 0.6 is 0 Å². The zero-order valence-electron chi connectivity index (χ0n) is 18.8. The molecule has 166 valence electrons. The summed E-state index contributed by atoms with van der Waals surface area (Å²) in [5.74, 6) is 0.929. The van der Waals surface area contributed by atoms with Crippen LogP contribution in [0.5, 0.6) is 0 Å². The van der Waals surface area contributed by atoms with Crippen molar-refractivity contribution in [3.05, 3.63) is 65.7 Å². The summed E-state index contributed by atoms with van der Waals surface area (Å²) in [6.07, 6.45) is 0. The number of hydrogen-bond donors (Lipinski definition) is 3. The first-order valence-corrected chi connectivity index (χ1v) is 10.9. The molecule has 2 amide bonds. The van der Waals surface area contributed by atoms with Crippen molar-refractivity contribution in [2.45, 2.75) is 33.0 Å². The van der Waals surface area contributed by atoms with E-state index in [1.165, 1.54) is 5.56 Å². The molecule has 2 aromatic carbocycles. The van der Waals surface area contributed by atoms with E-state index >= 15 is 0 Å². The maximum Gasteiger partial charge on any atom is 0.319 e. The van der Waals surface area contributed by atoms with Crippen LogP contribution < -0.4 is 16.0 Å². The summed E-state index contributed by atoms with van der Waals surface area (Å²) in [5, 5.41) is 9.13. The van der Waals surface area contributed by atoms with Gasteiger partial charge in [-0.15, -0.1) is 0 Å². The number of benzene rings is 2. The van der Waals surface area contributed by atoms with E-state index in [0.29, 0.717) is 6.54 Å². The second-order valence-corrected chi connectivity index (χ2v) is 8.10. The highest BCUT2D eigenvalue weighted by Crippen LogP contribution is 2.11. The Morgan fingerprint density at radius 3 is 2.26 bits per heavy atom. The van der Waals surface area contributed by atoms with Gasteiger partial charge in [-0.05, 0) is 37.1 Å². The average molecular weight is 423 g/mol. The predicted molar refractivity (Wildman–Crippen MR) is 127 cm³/mol. The second kappa shape index (κ2) is 11.4. The zero-order chi connectivity index (χ0) is 22.1. The van der Waals surface area contributed by atoms with E-state index in [1.54, 1.807) is 0 Å². The Bertz CT molecular complexity index is 842. The molecule has 31 heavy (non-hydrogen) atoms. The highest BCUT2D eigenvalue weighted by atomic mass is 16.2. The highest BCUT2D eigenvalue weighted by Gasteiger charge is 2.19. The Morgan fingerprint density at radius 2 is 1.65 bits per heavy atom. The first-order valence-electron chi connectivity index (χ1n) is 10.9. The SMILES string of the molecule is CN=C(NCc1ccc(NC(=O)NC(C)C)cc1)N1CCN(Cc2ccccc2)CC1. The molecule has 2 aromatic rings. The van der Waals surface area contributed by atoms with Gasteiger partial charge in [-0.25, -0.2) is 4.79 Å². The molecule has 1 aliphatic rings. The maximum absolute atomic E-state index is 11.8. The first kappa shape index (κ1) is 22.6. The molecule has 3 N–H and O–H groups in total. The molecular formula is C24H34N6O. The van der Waals surface area contributed by atoms with Crippen molar-refractivity contribution in [1.82, 2.24) is 20.4 Å². The van der Waals surface area contributed by atoms with Gasteiger partial charge < -0.3 is 20.9 Å². The monoisotopic (exact) mass is 422 g/mol. The zero-order valence-corrected chi connectivity index (χ0v) is 18.8. The van der Waals surface area contributed by atoms with Gasteiger partial charge in [0, 0.05) is 58.0 Å². The van der Waals surface area contributed by atoms with Crippen LogP contribution in [-0.2, 0) is 13.1 Å². The molecule has 0 aromatic heterocycles. The van der Waals surface area contributed by atoms with Crippen LogP contribution in [0.3, 0.4) is 0 Å². The Hall–Kier alpha value is -3.06. The van der Waals surface area contributed by atoms with E-state index in [1.807, 2.05) is 45.2 Å². The summed E-state index contributed by atoms with van der Waals surface area (Å²) in [6, 6.07) is 18.4. The van der Waals surface area contributed by atoms with Crippen LogP contribution in [0.25, 0.3) is 0 Å². The number of urea groups is 1. The topological polar surface area (TPSA) is 72.0 Å². The van der Waals surface area contributed by atoms with E-state index in [4.69, 9.17) is 0 Å². The van der Waals surface area contributed by atoms with Crippen LogP contribution in [0.4, 0.5) is 10.5 Å². The van der Waals surface area contributed by atoms with Crippen LogP contribution in [0.1, 0.15) is 25.0 Å². The van der Waals surface area contributed by atoms with E-state index in [-0.39, 0.29) is 12.1 Å². The predicted octanol–water partition coefficient (Wildman–Crippen LogP) is 3.11. The summed E-state index contributed by atoms with van der Waals surface area (Å²) in [6.45, 7) is 9.52. The highest BCUT2D eigenvalue weighted by molar-refractivity contribution is 5.89. The lowest BCUT2D eigenvalue weighted by molar-refractivity contribution is 0.172. The number of rotatable bonds is 6. The van der Waals surface area contributed by atoms with Gasteiger partial charge in [0.15, 0.2) is 5.96 Å². The van der Waals surface area contributed by atoms with Gasteiger partial charge in [0.2, 0.25) is 0 Å². The summed E-state index contributed by atoms with van der Waals surface area (Å²) >= 11 is 0. The molecule has 1 aliphatic heterocycles. The number of aliphatic imine (C=N–C) groups is 1. The molecule has 7 heteroatoms. The van der Waals surface area contributed by atoms with Crippen molar-refractivity contribution in [3.63, 3.8) is 0 Å². The van der Waals surface area contributed by atoms with Crippen LogP contribution in [0, 0.1) is 0 Å². The minimum atomic E-state index is -0.187. The van der Waals surface area contributed by atoms with Crippen molar-refractivity contribution < 1.29 is 4.79 Å². The molecule has 0 radical (unpaired) electrons. The summed E-state index contributed by atoms with van der Waals surface area (Å²) in [7, 11) is 1.83. The molecule has 0 aliphatic carbocycles. The Balaban J connectivity index is 1.44. The smallest absolute Gasteiger partial charge is 0.319 e. The third kappa shape index (κ3) is 7.29. The van der Waals surface area contributed by atoms with Crippen LogP contribution in [-0.4, -0.2) is 61.1 Å². The van der Waals surface area contributed by atoms with Crippen molar-refractivity contribution in [3.8, 4) is 0 Å². The quantitative estimate of drug-likeness (QED) is 0.494. The van der Waals surface area contributed by atoms with Crippen molar-refractivity contribution in [2.75, 3.05) is 38.5 Å². The van der Waals surface area contributed by atoms with Crippen LogP contribution in [0.2, 0.25) is 0 Å². The maximum atomic E-state index is 11.8. The molecule has 7 nitrogen and oxygen atoms in total. The number of carbonyl (C=O) groups excluding carboxylic acids is 1. The molecule has 0 bridgehead atoms. The lowest BCUT2D eigenvalue weighted by Gasteiger charge is -2.36. The van der Waals surface area contributed by atoms with Crippen molar-refractivity contribution in [1.29, 1.82) is 0 Å². The van der Waals surface area contributed by atoms with Gasteiger partial charge in [-0.3, -0.25) is 9.89 Å². The Morgan fingerprint density at radius 1 is 0.968 bits per heavy atom. The number of hydrogen-bond acceptors (Lipinski definition) is 3. The number of nitrogens with one attached hydrogen (secondary N) is 3. The van der Waals surface area contributed by atoms with Gasteiger partial charge in [-0.2, -0.15) is 0 Å². The number of anilines is 1. The largest absolute Gasteiger partial charge is 0.352 e. The second-order valence-electron chi connectivity index (χ2n) is 8.10. The lowest BCUT2D eigenvalue weighted by Crippen LogP contribution is -2.52. The lowest BCUT2D eigenvalue weighted by atomic mass is 10.2. The minimum absolute atomic E-state index is 0.107. The van der Waals surface area contributed by atoms with E-state index < -0.39 is 0 Å². The summed E-state index contributed by atoms with van der Waals surface area (Å²) in [4.78, 5) is 21.1. The molecule has 0 atom stereocenters. The molecule has 0 saturated carbocycles. The Labute approximate surface area is 185 Å². The fraction of sp³-hybridized carbons (Fsp3) is 0.417. The molecule has 0 unspecified atom stereocenters.